The van der Waals surface area contributed by atoms with Gasteiger partial charge in [-0.15, -0.1) is 0 Å². The van der Waals surface area contributed by atoms with Gasteiger partial charge in [-0.3, -0.25) is 14.4 Å². The molecule has 1 atom stereocenters. The van der Waals surface area contributed by atoms with Gasteiger partial charge in [0.2, 0.25) is 0 Å². The lowest BCUT2D eigenvalue weighted by Crippen LogP contribution is -2.26. The number of nitriles is 1. The van der Waals surface area contributed by atoms with Gasteiger partial charge in [0.15, 0.2) is 24.0 Å². The minimum absolute atomic E-state index is 0.0790. The van der Waals surface area contributed by atoms with Gasteiger partial charge >= 0.3 is 5.97 Å². The quantitative estimate of drug-likeness (QED) is 0.511. The molecule has 0 saturated heterocycles. The van der Waals surface area contributed by atoms with E-state index < -0.39 is 30.1 Å². The van der Waals surface area contributed by atoms with Crippen LogP contribution in [0.25, 0.3) is 0 Å². The molecular weight excluding hydrogens is 396 g/mol. The summed E-state index contributed by atoms with van der Waals surface area (Å²) in [5.74, 6) is -3.91. The normalized spacial score (nSPS) is 13.0. The first-order valence-corrected chi connectivity index (χ1v) is 8.81. The molecule has 8 heteroatoms. The molecule has 3 rings (SSSR count). The second kappa shape index (κ2) is 7.78. The van der Waals surface area contributed by atoms with Gasteiger partial charge in [0.05, 0.1) is 22.2 Å². The molecule has 0 aliphatic heterocycles. The van der Waals surface area contributed by atoms with Crippen molar-refractivity contribution in [3.63, 3.8) is 0 Å². The van der Waals surface area contributed by atoms with Gasteiger partial charge in [0.1, 0.15) is 5.92 Å². The number of esters is 1. The molecule has 0 amide bonds. The number of Topliss-reactive ketones (excluding diaryl/α,β-unsaturated/α-hetero) is 1. The highest BCUT2D eigenvalue weighted by atomic mass is 35.5. The van der Waals surface area contributed by atoms with E-state index in [0.29, 0.717) is 0 Å². The van der Waals surface area contributed by atoms with Crippen LogP contribution >= 0.6 is 11.6 Å². The summed E-state index contributed by atoms with van der Waals surface area (Å²) in [5.41, 5.74) is 0.0797. The van der Waals surface area contributed by atoms with E-state index in [2.05, 4.69) is 0 Å². The van der Waals surface area contributed by atoms with Crippen LogP contribution in [0.4, 0.5) is 0 Å². The molecule has 0 radical (unpaired) electrons. The van der Waals surface area contributed by atoms with Crippen LogP contribution in [0.3, 0.4) is 0 Å². The molecule has 2 aromatic rings. The Labute approximate surface area is 170 Å². The number of hydrogen-bond acceptors (Lipinski definition) is 7. The van der Waals surface area contributed by atoms with Crippen LogP contribution in [0.15, 0.2) is 36.4 Å². The lowest BCUT2D eigenvalue weighted by atomic mass is 9.83. The average molecular weight is 409 g/mol. The largest absolute Gasteiger partial charge is 0.454 e. The standard InChI is InChI=1S/C21H13ClN2O5/c1-10(24)15(8-23)16(25)9-29-21(28)14-7-6-13-17(18(14)22)20(27)12-5-3-2-4-11(12)19(13)26/h2-7,15,24H,9H2,1H3. The second-order valence-corrected chi connectivity index (χ2v) is 6.72. The van der Waals surface area contributed by atoms with Crippen molar-refractivity contribution in [3.05, 3.63) is 69.2 Å². The average Bonchev–Trinajstić information content (AvgIpc) is 2.70. The number of rotatable bonds is 5. The molecule has 7 nitrogen and oxygen atoms in total. The Morgan fingerprint density at radius 2 is 1.72 bits per heavy atom. The zero-order valence-electron chi connectivity index (χ0n) is 15.1. The fraction of sp³-hybridized carbons (Fsp3) is 0.143. The van der Waals surface area contributed by atoms with Crippen molar-refractivity contribution in [2.75, 3.05) is 6.61 Å². The fourth-order valence-corrected chi connectivity index (χ4v) is 3.34. The number of fused-ring (bicyclic) bond motifs is 2. The zero-order valence-corrected chi connectivity index (χ0v) is 15.9. The predicted molar refractivity (Wildman–Crippen MR) is 103 cm³/mol. The number of benzene rings is 2. The van der Waals surface area contributed by atoms with Gasteiger partial charge in [0.25, 0.3) is 0 Å². The molecule has 1 N–H and O–H groups in total. The first-order valence-electron chi connectivity index (χ1n) is 8.43. The SMILES string of the molecule is CC(=N)C(C#N)C(=O)COC(=O)c1ccc2c(c1Cl)C(=O)c1ccccc1C2=O. The highest BCUT2D eigenvalue weighted by Gasteiger charge is 2.33. The van der Waals surface area contributed by atoms with E-state index in [9.17, 15) is 19.2 Å². The van der Waals surface area contributed by atoms with E-state index in [1.165, 1.54) is 31.2 Å². The van der Waals surface area contributed by atoms with Crippen LogP contribution in [-0.2, 0) is 9.53 Å². The van der Waals surface area contributed by atoms with E-state index in [1.54, 1.807) is 18.2 Å². The lowest BCUT2D eigenvalue weighted by Gasteiger charge is -2.19. The number of carbonyl (C=O) groups excluding carboxylic acids is 4. The fourth-order valence-electron chi connectivity index (χ4n) is 3.01. The monoisotopic (exact) mass is 408 g/mol. The maximum absolute atomic E-state index is 12.8. The predicted octanol–water partition coefficient (Wildman–Crippen LogP) is 3.02. The van der Waals surface area contributed by atoms with Crippen LogP contribution in [0, 0.1) is 22.7 Å². The molecule has 1 aliphatic carbocycles. The van der Waals surface area contributed by atoms with Gasteiger partial charge in [-0.25, -0.2) is 4.79 Å². The third-order valence-electron chi connectivity index (χ3n) is 4.48. The van der Waals surface area contributed by atoms with Crippen LogP contribution in [0.5, 0.6) is 0 Å². The van der Waals surface area contributed by atoms with Gasteiger partial charge in [-0.2, -0.15) is 5.26 Å². The molecule has 144 valence electrons. The van der Waals surface area contributed by atoms with E-state index in [1.807, 2.05) is 0 Å². The zero-order chi connectivity index (χ0) is 21.3. The number of nitrogens with one attached hydrogen (secondary N) is 1. The van der Waals surface area contributed by atoms with Crippen molar-refractivity contribution in [1.82, 2.24) is 0 Å². The molecule has 0 heterocycles. The summed E-state index contributed by atoms with van der Waals surface area (Å²) in [6, 6.07) is 10.5. The summed E-state index contributed by atoms with van der Waals surface area (Å²) in [7, 11) is 0. The topological polar surface area (TPSA) is 125 Å². The Morgan fingerprint density at radius 3 is 2.31 bits per heavy atom. The molecule has 2 aromatic carbocycles. The van der Waals surface area contributed by atoms with Gasteiger partial charge in [0, 0.05) is 22.4 Å². The Kier molecular flexibility index (Phi) is 5.39. The lowest BCUT2D eigenvalue weighted by molar-refractivity contribution is -0.122. The Morgan fingerprint density at radius 1 is 1.10 bits per heavy atom. The number of nitrogens with zero attached hydrogens (tertiary/aromatic N) is 1. The molecule has 29 heavy (non-hydrogen) atoms. The number of hydrogen-bond donors (Lipinski definition) is 1. The molecule has 0 spiro atoms. The van der Waals surface area contributed by atoms with Crippen molar-refractivity contribution in [1.29, 1.82) is 10.7 Å². The Balaban J connectivity index is 1.90. The van der Waals surface area contributed by atoms with Crippen molar-refractivity contribution in [2.24, 2.45) is 5.92 Å². The van der Waals surface area contributed by atoms with Gasteiger partial charge < -0.3 is 10.1 Å². The van der Waals surface area contributed by atoms with Crippen LogP contribution in [0.1, 0.15) is 49.1 Å². The summed E-state index contributed by atoms with van der Waals surface area (Å²) in [4.78, 5) is 49.8. The molecule has 1 aliphatic rings. The number of ether oxygens (including phenoxy) is 1. The van der Waals surface area contributed by atoms with Crippen LogP contribution < -0.4 is 0 Å². The summed E-state index contributed by atoms with van der Waals surface area (Å²) in [6.07, 6.45) is 0. The van der Waals surface area contributed by atoms with E-state index >= 15 is 0 Å². The molecule has 0 aromatic heterocycles. The molecular formula is C21H13ClN2O5. The molecule has 0 saturated carbocycles. The van der Waals surface area contributed by atoms with Crippen LogP contribution in [0.2, 0.25) is 5.02 Å². The first kappa shape index (κ1) is 20.1. The third-order valence-corrected chi connectivity index (χ3v) is 4.87. The summed E-state index contributed by atoms with van der Waals surface area (Å²) < 4.78 is 4.91. The highest BCUT2D eigenvalue weighted by molar-refractivity contribution is 6.41. The second-order valence-electron chi connectivity index (χ2n) is 6.34. The maximum Gasteiger partial charge on any atom is 0.340 e. The summed E-state index contributed by atoms with van der Waals surface area (Å²) in [5, 5.41) is 16.1. The van der Waals surface area contributed by atoms with E-state index in [-0.39, 0.29) is 44.3 Å². The van der Waals surface area contributed by atoms with E-state index in [0.717, 1.165) is 0 Å². The number of ketones is 3. The Hall–Kier alpha value is -3.63. The minimum Gasteiger partial charge on any atom is -0.454 e. The van der Waals surface area contributed by atoms with Crippen molar-refractivity contribution < 1.29 is 23.9 Å². The van der Waals surface area contributed by atoms with Crippen LogP contribution in [-0.4, -0.2) is 35.6 Å². The number of halogens is 1. The smallest absolute Gasteiger partial charge is 0.340 e. The van der Waals surface area contributed by atoms with Crippen molar-refractivity contribution >= 4 is 40.6 Å². The molecule has 0 fully saturated rings. The molecule has 0 bridgehead atoms. The third kappa shape index (κ3) is 3.46. The summed E-state index contributed by atoms with van der Waals surface area (Å²) >= 11 is 6.26. The Bertz CT molecular complexity index is 1150. The van der Waals surface area contributed by atoms with Crippen molar-refractivity contribution in [3.8, 4) is 6.07 Å². The summed E-state index contributed by atoms with van der Waals surface area (Å²) in [6.45, 7) is 0.574. The van der Waals surface area contributed by atoms with Gasteiger partial charge in [-0.05, 0) is 19.1 Å². The minimum atomic E-state index is -1.31. The molecule has 1 unspecified atom stereocenters. The van der Waals surface area contributed by atoms with Crippen molar-refractivity contribution in [2.45, 2.75) is 6.92 Å². The highest BCUT2D eigenvalue weighted by Crippen LogP contribution is 2.34. The van der Waals surface area contributed by atoms with E-state index in [4.69, 9.17) is 27.0 Å². The maximum atomic E-state index is 12.8. The van der Waals surface area contributed by atoms with Gasteiger partial charge in [-0.1, -0.05) is 35.9 Å². The first-order chi connectivity index (χ1) is 13.8. The number of carbonyl (C=O) groups is 4.